The Morgan fingerprint density at radius 3 is 2.64 bits per heavy atom. The molecule has 0 saturated carbocycles. The lowest BCUT2D eigenvalue weighted by Gasteiger charge is -2.28. The van der Waals surface area contributed by atoms with Crippen molar-refractivity contribution in [2.24, 2.45) is 0 Å². The fourth-order valence-corrected chi connectivity index (χ4v) is 5.26. The third-order valence-electron chi connectivity index (χ3n) is 6.90. The number of hydrogen-bond donors (Lipinski definition) is 2. The number of rotatable bonds is 13. The van der Waals surface area contributed by atoms with Crippen LogP contribution in [0, 0.1) is 11.6 Å². The van der Waals surface area contributed by atoms with E-state index < -0.39 is 29.8 Å². The number of carboxylic acid groups (broad SMARTS) is 1. The van der Waals surface area contributed by atoms with Gasteiger partial charge in [-0.1, -0.05) is 37.6 Å². The summed E-state index contributed by atoms with van der Waals surface area (Å²) in [5.74, 6) is -3.03. The number of halogens is 3. The van der Waals surface area contributed by atoms with Crippen LogP contribution in [0.3, 0.4) is 0 Å². The lowest BCUT2D eigenvalue weighted by Crippen LogP contribution is -2.39. The second-order valence-corrected chi connectivity index (χ2v) is 9.92. The van der Waals surface area contributed by atoms with Crippen LogP contribution in [0.25, 0.3) is 0 Å². The number of aryl methyl sites for hydroxylation is 2. The molecule has 2 N–H and O–H groups in total. The highest BCUT2D eigenvalue weighted by Gasteiger charge is 2.27. The van der Waals surface area contributed by atoms with E-state index >= 15 is 0 Å². The molecule has 1 saturated heterocycles. The van der Waals surface area contributed by atoms with Gasteiger partial charge in [0.15, 0.2) is 11.6 Å². The smallest absolute Gasteiger partial charge is 0.303 e. The van der Waals surface area contributed by atoms with Crippen LogP contribution in [0.4, 0.5) is 8.78 Å². The van der Waals surface area contributed by atoms with E-state index in [-0.39, 0.29) is 19.4 Å². The molecule has 1 aliphatic rings. The van der Waals surface area contributed by atoms with E-state index in [9.17, 15) is 18.7 Å². The molecule has 2 aromatic rings. The van der Waals surface area contributed by atoms with Crippen molar-refractivity contribution in [3.8, 4) is 0 Å². The highest BCUT2D eigenvalue weighted by molar-refractivity contribution is 6.31. The number of carboxylic acids is 1. The van der Waals surface area contributed by atoms with Gasteiger partial charge in [-0.25, -0.2) is 8.78 Å². The van der Waals surface area contributed by atoms with E-state index in [1.807, 2.05) is 13.0 Å². The minimum absolute atomic E-state index is 0.0417. The number of carbonyl (C=O) groups is 1. The zero-order chi connectivity index (χ0) is 26.2. The van der Waals surface area contributed by atoms with E-state index in [2.05, 4.69) is 24.0 Å². The lowest BCUT2D eigenvalue weighted by molar-refractivity contribution is -0.136. The minimum atomic E-state index is -1.01. The highest BCUT2D eigenvalue weighted by atomic mass is 35.5. The average molecular weight is 524 g/mol. The van der Waals surface area contributed by atoms with E-state index in [0.29, 0.717) is 30.1 Å². The van der Waals surface area contributed by atoms with Crippen molar-refractivity contribution in [2.45, 2.75) is 77.0 Å². The van der Waals surface area contributed by atoms with Gasteiger partial charge in [0, 0.05) is 24.0 Å². The zero-order valence-corrected chi connectivity index (χ0v) is 21.7. The summed E-state index contributed by atoms with van der Waals surface area (Å²) in [6, 6.07) is 8.62. The third kappa shape index (κ3) is 7.72. The van der Waals surface area contributed by atoms with Gasteiger partial charge in [0.2, 0.25) is 0 Å². The number of aliphatic hydroxyl groups is 1. The number of aliphatic hydroxyl groups excluding tert-OH is 1. The van der Waals surface area contributed by atoms with Crippen LogP contribution in [0.2, 0.25) is 5.02 Å². The maximum atomic E-state index is 14.0. The summed E-state index contributed by atoms with van der Waals surface area (Å²) in [6.45, 7) is 5.34. The molecule has 0 bridgehead atoms. The number of benzene rings is 2. The van der Waals surface area contributed by atoms with Crippen LogP contribution in [0.1, 0.15) is 67.9 Å². The first-order valence-electron chi connectivity index (χ1n) is 12.7. The van der Waals surface area contributed by atoms with Gasteiger partial charge in [-0.2, -0.15) is 0 Å². The molecular formula is C28H36ClF2NO4. The lowest BCUT2D eigenvalue weighted by atomic mass is 9.96. The summed E-state index contributed by atoms with van der Waals surface area (Å²) in [4.78, 5) is 13.3. The van der Waals surface area contributed by atoms with Gasteiger partial charge in [-0.15, -0.1) is 0 Å². The van der Waals surface area contributed by atoms with E-state index in [1.165, 1.54) is 5.56 Å². The summed E-state index contributed by atoms with van der Waals surface area (Å²) < 4.78 is 33.8. The predicted octanol–water partition coefficient (Wildman–Crippen LogP) is 5.73. The molecule has 3 rings (SSSR count). The molecule has 0 spiro atoms. The molecule has 0 radical (unpaired) electrons. The van der Waals surface area contributed by atoms with Gasteiger partial charge in [0.1, 0.15) is 0 Å². The molecule has 2 aromatic carbocycles. The minimum Gasteiger partial charge on any atom is -0.481 e. The first-order chi connectivity index (χ1) is 17.2. The number of ether oxygens (including phenoxy) is 1. The molecule has 198 valence electrons. The Morgan fingerprint density at radius 2 is 1.94 bits per heavy atom. The molecule has 0 aliphatic carbocycles. The van der Waals surface area contributed by atoms with Crippen LogP contribution in [-0.4, -0.2) is 52.9 Å². The van der Waals surface area contributed by atoms with Crippen molar-refractivity contribution in [2.75, 3.05) is 19.7 Å². The van der Waals surface area contributed by atoms with Crippen molar-refractivity contribution >= 4 is 17.6 Å². The molecule has 0 aromatic heterocycles. The second kappa shape index (κ2) is 13.5. The maximum Gasteiger partial charge on any atom is 0.303 e. The molecule has 1 unspecified atom stereocenters. The van der Waals surface area contributed by atoms with Crippen LogP contribution in [-0.2, 0) is 28.8 Å². The summed E-state index contributed by atoms with van der Waals surface area (Å²) in [7, 11) is 0. The van der Waals surface area contributed by atoms with Crippen LogP contribution < -0.4 is 0 Å². The van der Waals surface area contributed by atoms with Crippen LogP contribution in [0.15, 0.2) is 30.3 Å². The number of hydrogen-bond acceptors (Lipinski definition) is 4. The average Bonchev–Trinajstić information content (AvgIpc) is 3.27. The standard InChI is InChI=1S/C28H36ClF2NO4/c1-3-19-12-18(7-9-24(19)29)13-21-6-5-11-32(21)16-22(33)17-36-27(4-2)23-15-26(31)25(30)14-20(23)8-10-28(34)35/h7,9,12,14-15,21-22,27,33H,3-6,8,10-11,13,16-17H2,1-2H3,(H,34,35)/t21?,22-,27-/m1/s1. The molecule has 8 heteroatoms. The zero-order valence-electron chi connectivity index (χ0n) is 21.0. The van der Waals surface area contributed by atoms with E-state index in [1.54, 1.807) is 0 Å². The Labute approximate surface area is 217 Å². The van der Waals surface area contributed by atoms with Crippen LogP contribution in [0.5, 0.6) is 0 Å². The van der Waals surface area contributed by atoms with E-state index in [0.717, 1.165) is 54.9 Å². The Kier molecular flexibility index (Phi) is 10.7. The molecular weight excluding hydrogens is 488 g/mol. The molecule has 36 heavy (non-hydrogen) atoms. The summed E-state index contributed by atoms with van der Waals surface area (Å²) in [5, 5.41) is 20.5. The molecule has 1 aliphatic heterocycles. The Balaban J connectivity index is 1.61. The third-order valence-corrected chi connectivity index (χ3v) is 7.27. The Bertz CT molecular complexity index is 1030. The summed E-state index contributed by atoms with van der Waals surface area (Å²) in [5.41, 5.74) is 3.21. The predicted molar refractivity (Wildman–Crippen MR) is 136 cm³/mol. The molecule has 5 nitrogen and oxygen atoms in total. The van der Waals surface area contributed by atoms with E-state index in [4.69, 9.17) is 21.4 Å². The fourth-order valence-electron chi connectivity index (χ4n) is 5.00. The van der Waals surface area contributed by atoms with Gasteiger partial charge >= 0.3 is 5.97 Å². The fraction of sp³-hybridized carbons (Fsp3) is 0.536. The van der Waals surface area contributed by atoms with Crippen molar-refractivity contribution in [1.29, 1.82) is 0 Å². The van der Waals surface area contributed by atoms with Gasteiger partial charge in [-0.05, 0) is 85.5 Å². The maximum absolute atomic E-state index is 14.0. The van der Waals surface area contributed by atoms with Gasteiger partial charge < -0.3 is 14.9 Å². The second-order valence-electron chi connectivity index (χ2n) is 9.52. The van der Waals surface area contributed by atoms with Crippen molar-refractivity contribution in [3.63, 3.8) is 0 Å². The number of aliphatic carboxylic acids is 1. The van der Waals surface area contributed by atoms with Crippen molar-refractivity contribution in [1.82, 2.24) is 4.90 Å². The number of β-amino-alcohol motifs (C(OH)–C–C–N with tert-alkyl or cyclic N) is 1. The largest absolute Gasteiger partial charge is 0.481 e. The normalized spacial score (nSPS) is 17.9. The summed E-state index contributed by atoms with van der Waals surface area (Å²) in [6.07, 6.45) is 2.91. The quantitative estimate of drug-likeness (QED) is 0.351. The highest BCUT2D eigenvalue weighted by Crippen LogP contribution is 2.29. The Hall–Kier alpha value is -2.06. The number of likely N-dealkylation sites (tertiary alicyclic amines) is 1. The molecule has 3 atom stereocenters. The first kappa shape index (κ1) is 28.5. The Morgan fingerprint density at radius 1 is 1.19 bits per heavy atom. The van der Waals surface area contributed by atoms with Gasteiger partial charge in [-0.3, -0.25) is 9.69 Å². The number of nitrogens with zero attached hydrogens (tertiary/aromatic N) is 1. The molecule has 0 amide bonds. The monoisotopic (exact) mass is 523 g/mol. The topological polar surface area (TPSA) is 70.0 Å². The SMILES string of the molecule is CCc1cc(CC2CCCN2C[C@@H](O)CO[C@H](CC)c2cc(F)c(F)cc2CCC(=O)O)ccc1Cl. The molecule has 1 fully saturated rings. The molecule has 1 heterocycles. The van der Waals surface area contributed by atoms with Gasteiger partial charge in [0.25, 0.3) is 0 Å². The van der Waals surface area contributed by atoms with Crippen molar-refractivity contribution in [3.05, 3.63) is 69.2 Å². The van der Waals surface area contributed by atoms with Crippen molar-refractivity contribution < 1.29 is 28.5 Å². The first-order valence-corrected chi connectivity index (χ1v) is 13.1. The summed E-state index contributed by atoms with van der Waals surface area (Å²) >= 11 is 6.26. The van der Waals surface area contributed by atoms with Gasteiger partial charge in [0.05, 0.1) is 18.8 Å². The van der Waals surface area contributed by atoms with Crippen LogP contribution >= 0.6 is 11.6 Å².